The zero-order valence-electron chi connectivity index (χ0n) is 9.82. The molecule has 0 aromatic heterocycles. The van der Waals surface area contributed by atoms with E-state index >= 15 is 0 Å². The highest BCUT2D eigenvalue weighted by Gasteiger charge is 2.05. The number of carbonyl (C=O) groups is 1. The van der Waals surface area contributed by atoms with Gasteiger partial charge < -0.3 is 10.7 Å². The molecule has 0 aliphatic heterocycles. The van der Waals surface area contributed by atoms with Crippen LogP contribution in [0.3, 0.4) is 0 Å². The third-order valence-electron chi connectivity index (χ3n) is 1.94. The first-order valence-corrected chi connectivity index (χ1v) is 5.24. The Balaban J connectivity index is 2.71. The first-order chi connectivity index (χ1) is 7.63. The summed E-state index contributed by atoms with van der Waals surface area (Å²) in [5.41, 5.74) is 4.29. The maximum atomic E-state index is 11.6. The van der Waals surface area contributed by atoms with Gasteiger partial charge in [0, 0.05) is 18.7 Å². The molecule has 86 valence electrons. The van der Waals surface area contributed by atoms with E-state index in [9.17, 15) is 4.79 Å². The van der Waals surface area contributed by atoms with Crippen LogP contribution >= 0.6 is 0 Å². The second-order valence-corrected chi connectivity index (χ2v) is 3.73. The van der Waals surface area contributed by atoms with E-state index in [1.54, 1.807) is 25.4 Å². The van der Waals surface area contributed by atoms with Gasteiger partial charge in [0.05, 0.1) is 6.21 Å². The minimum absolute atomic E-state index is 0.0490. The van der Waals surface area contributed by atoms with Gasteiger partial charge in [-0.05, 0) is 31.5 Å². The molecule has 0 atom stereocenters. The van der Waals surface area contributed by atoms with Crippen LogP contribution in [0.5, 0.6) is 0 Å². The van der Waals surface area contributed by atoms with E-state index in [4.69, 9.17) is 0 Å². The molecule has 1 aromatic carbocycles. The molecule has 0 spiro atoms. The summed E-state index contributed by atoms with van der Waals surface area (Å²) in [6.07, 6.45) is 1.70. The summed E-state index contributed by atoms with van der Waals surface area (Å²) in [5.74, 6) is -0.0490. The van der Waals surface area contributed by atoms with Crippen LogP contribution in [-0.2, 0) is 0 Å². The lowest BCUT2D eigenvalue weighted by atomic mass is 10.1. The van der Waals surface area contributed by atoms with Crippen molar-refractivity contribution in [3.8, 4) is 0 Å². The maximum Gasteiger partial charge on any atom is 0.251 e. The predicted octanol–water partition coefficient (Wildman–Crippen LogP) is 1.38. The quantitative estimate of drug-likeness (QED) is 0.593. The molecular formula is C12H17N3O. The number of nitrogens with one attached hydrogen (secondary N) is 2. The van der Waals surface area contributed by atoms with Crippen LogP contribution in [0.1, 0.15) is 29.8 Å². The largest absolute Gasteiger partial charge is 0.350 e. The normalized spacial score (nSPS) is 10.8. The number of benzene rings is 1. The molecule has 1 rings (SSSR count). The number of nitrogens with zero attached hydrogens (tertiary/aromatic N) is 1. The van der Waals surface area contributed by atoms with Crippen molar-refractivity contribution in [3.63, 3.8) is 0 Å². The van der Waals surface area contributed by atoms with Crippen LogP contribution in [-0.4, -0.2) is 25.2 Å². The van der Waals surface area contributed by atoms with Gasteiger partial charge in [0.15, 0.2) is 0 Å². The van der Waals surface area contributed by atoms with Gasteiger partial charge in [0.2, 0.25) is 0 Å². The molecule has 4 heteroatoms. The van der Waals surface area contributed by atoms with E-state index in [0.717, 1.165) is 5.56 Å². The van der Waals surface area contributed by atoms with Crippen molar-refractivity contribution in [3.05, 3.63) is 35.4 Å². The molecule has 0 radical (unpaired) electrons. The number of carbonyl (C=O) groups excluding carboxylic acids is 1. The molecular weight excluding hydrogens is 202 g/mol. The van der Waals surface area contributed by atoms with Gasteiger partial charge in [-0.3, -0.25) is 4.79 Å². The van der Waals surface area contributed by atoms with Gasteiger partial charge in [0.25, 0.3) is 5.91 Å². The van der Waals surface area contributed by atoms with E-state index < -0.39 is 0 Å². The van der Waals surface area contributed by atoms with Crippen molar-refractivity contribution in [2.75, 3.05) is 7.05 Å². The molecule has 2 N–H and O–H groups in total. The Morgan fingerprint density at radius 2 is 1.94 bits per heavy atom. The van der Waals surface area contributed by atoms with Crippen LogP contribution < -0.4 is 10.7 Å². The minimum Gasteiger partial charge on any atom is -0.350 e. The SMILES string of the molecule is CN/N=C/c1ccc(C(=O)NC(C)C)cc1. The maximum absolute atomic E-state index is 11.6. The first-order valence-electron chi connectivity index (χ1n) is 5.24. The highest BCUT2D eigenvalue weighted by Crippen LogP contribution is 2.02. The van der Waals surface area contributed by atoms with Gasteiger partial charge in [-0.15, -0.1) is 0 Å². The highest BCUT2D eigenvalue weighted by molar-refractivity contribution is 5.95. The Bertz CT molecular complexity index is 368. The molecule has 0 fully saturated rings. The average molecular weight is 219 g/mol. The summed E-state index contributed by atoms with van der Waals surface area (Å²) in [5, 5.41) is 6.73. The molecule has 0 unspecified atom stereocenters. The lowest BCUT2D eigenvalue weighted by Gasteiger charge is -2.07. The molecule has 1 aromatic rings. The van der Waals surface area contributed by atoms with E-state index in [1.165, 1.54) is 0 Å². The van der Waals surface area contributed by atoms with Crippen LogP contribution in [0.25, 0.3) is 0 Å². The monoisotopic (exact) mass is 219 g/mol. The van der Waals surface area contributed by atoms with Crippen LogP contribution in [0.2, 0.25) is 0 Å². The second kappa shape index (κ2) is 5.90. The van der Waals surface area contributed by atoms with E-state index in [2.05, 4.69) is 15.8 Å². The Kier molecular flexibility index (Phi) is 4.51. The zero-order valence-corrected chi connectivity index (χ0v) is 9.82. The van der Waals surface area contributed by atoms with Crippen molar-refractivity contribution >= 4 is 12.1 Å². The molecule has 0 saturated carbocycles. The van der Waals surface area contributed by atoms with Crippen molar-refractivity contribution in [2.45, 2.75) is 19.9 Å². The van der Waals surface area contributed by atoms with Crippen LogP contribution in [0.4, 0.5) is 0 Å². The molecule has 4 nitrogen and oxygen atoms in total. The number of hydrogen-bond acceptors (Lipinski definition) is 3. The highest BCUT2D eigenvalue weighted by atomic mass is 16.1. The lowest BCUT2D eigenvalue weighted by molar-refractivity contribution is 0.0943. The van der Waals surface area contributed by atoms with Crippen molar-refractivity contribution in [2.24, 2.45) is 5.10 Å². The predicted molar refractivity (Wildman–Crippen MR) is 65.7 cm³/mol. The molecule has 16 heavy (non-hydrogen) atoms. The summed E-state index contributed by atoms with van der Waals surface area (Å²) >= 11 is 0. The standard InChI is InChI=1S/C12H17N3O/c1-9(2)15-12(16)11-6-4-10(5-7-11)8-14-13-3/h4-9,13H,1-3H3,(H,15,16)/b14-8+. The summed E-state index contributed by atoms with van der Waals surface area (Å²) in [6, 6.07) is 7.44. The minimum atomic E-state index is -0.0490. The lowest BCUT2D eigenvalue weighted by Crippen LogP contribution is -2.29. The van der Waals surface area contributed by atoms with E-state index in [-0.39, 0.29) is 11.9 Å². The fourth-order valence-electron chi connectivity index (χ4n) is 1.21. The number of rotatable bonds is 4. The Morgan fingerprint density at radius 1 is 1.31 bits per heavy atom. The number of amides is 1. The summed E-state index contributed by atoms with van der Waals surface area (Å²) in [6.45, 7) is 3.87. The Hall–Kier alpha value is -1.84. The van der Waals surface area contributed by atoms with E-state index in [1.807, 2.05) is 26.0 Å². The summed E-state index contributed by atoms with van der Waals surface area (Å²) in [4.78, 5) is 11.6. The average Bonchev–Trinajstić information content (AvgIpc) is 2.26. The topological polar surface area (TPSA) is 53.5 Å². The van der Waals surface area contributed by atoms with Crippen LogP contribution in [0, 0.1) is 0 Å². The van der Waals surface area contributed by atoms with Gasteiger partial charge in [-0.1, -0.05) is 12.1 Å². The van der Waals surface area contributed by atoms with E-state index in [0.29, 0.717) is 5.56 Å². The van der Waals surface area contributed by atoms with Crippen molar-refractivity contribution < 1.29 is 4.79 Å². The van der Waals surface area contributed by atoms with Crippen molar-refractivity contribution in [1.29, 1.82) is 0 Å². The molecule has 0 aliphatic rings. The smallest absolute Gasteiger partial charge is 0.251 e. The van der Waals surface area contributed by atoms with Gasteiger partial charge >= 0.3 is 0 Å². The van der Waals surface area contributed by atoms with Crippen LogP contribution in [0.15, 0.2) is 29.4 Å². The Morgan fingerprint density at radius 3 is 2.44 bits per heavy atom. The Labute approximate surface area is 95.7 Å². The fraction of sp³-hybridized carbons (Fsp3) is 0.333. The zero-order chi connectivity index (χ0) is 12.0. The number of hydrazone groups is 1. The number of hydrogen-bond donors (Lipinski definition) is 2. The second-order valence-electron chi connectivity index (χ2n) is 3.73. The fourth-order valence-corrected chi connectivity index (χ4v) is 1.21. The molecule has 0 aliphatic carbocycles. The molecule has 0 bridgehead atoms. The molecule has 0 saturated heterocycles. The van der Waals surface area contributed by atoms with Gasteiger partial charge in [0.1, 0.15) is 0 Å². The summed E-state index contributed by atoms with van der Waals surface area (Å²) < 4.78 is 0. The summed E-state index contributed by atoms with van der Waals surface area (Å²) in [7, 11) is 1.74. The van der Waals surface area contributed by atoms with Gasteiger partial charge in [-0.25, -0.2) is 0 Å². The molecule has 0 heterocycles. The first kappa shape index (κ1) is 12.2. The van der Waals surface area contributed by atoms with Crippen molar-refractivity contribution in [1.82, 2.24) is 10.7 Å². The third kappa shape index (κ3) is 3.73. The van der Waals surface area contributed by atoms with Gasteiger partial charge in [-0.2, -0.15) is 5.10 Å². The third-order valence-corrected chi connectivity index (χ3v) is 1.94. The molecule has 1 amide bonds.